The van der Waals surface area contributed by atoms with E-state index in [9.17, 15) is 0 Å². The Bertz CT molecular complexity index is 571. The molecule has 0 N–H and O–H groups in total. The summed E-state index contributed by atoms with van der Waals surface area (Å²) >= 11 is 0. The summed E-state index contributed by atoms with van der Waals surface area (Å²) in [6.07, 6.45) is 5.20. The Hall–Kier alpha value is -1.77. The average Bonchev–Trinajstić information content (AvgIpc) is 3.05. The van der Waals surface area contributed by atoms with Crippen molar-refractivity contribution in [2.45, 2.75) is 33.1 Å². The zero-order valence-corrected chi connectivity index (χ0v) is 13.2. The quantitative estimate of drug-likeness (QED) is 0.821. The van der Waals surface area contributed by atoms with Crippen molar-refractivity contribution >= 4 is 5.69 Å². The van der Waals surface area contributed by atoms with Crippen LogP contribution < -0.4 is 4.90 Å². The van der Waals surface area contributed by atoms with E-state index in [1.807, 2.05) is 31.8 Å². The zero-order chi connectivity index (χ0) is 14.7. The lowest BCUT2D eigenvalue weighted by Gasteiger charge is -2.11. The first-order valence-electron chi connectivity index (χ1n) is 7.53. The van der Waals surface area contributed by atoms with Crippen LogP contribution >= 0.6 is 0 Å². The van der Waals surface area contributed by atoms with Crippen molar-refractivity contribution in [3.05, 3.63) is 36.2 Å². The monoisotopic (exact) mass is 271 g/mol. The first-order chi connectivity index (χ1) is 9.69. The standard InChI is InChI=1S/C15H19N3.C2H6/c1-4-11-9-17(2)15-6-5-12(7-14(11)15)13-8-16-18(3)10-13;1-2/h5-8,10-11H,4,9H2,1-3H3;1-2H3/t11-;/m0./s1. The number of benzene rings is 1. The molecule has 0 bridgehead atoms. The van der Waals surface area contributed by atoms with Gasteiger partial charge in [0.25, 0.3) is 0 Å². The minimum absolute atomic E-state index is 0.668. The molecule has 2 aromatic rings. The summed E-state index contributed by atoms with van der Waals surface area (Å²) in [5, 5.41) is 4.25. The number of aryl methyl sites for hydroxylation is 1. The predicted molar refractivity (Wildman–Crippen MR) is 86.3 cm³/mol. The summed E-state index contributed by atoms with van der Waals surface area (Å²) in [4.78, 5) is 2.36. The number of likely N-dealkylation sites (N-methyl/N-ethyl adjacent to an activating group) is 1. The Kier molecular flexibility index (Phi) is 4.48. The molecule has 2 heterocycles. The molecular weight excluding hydrogens is 246 g/mol. The lowest BCUT2D eigenvalue weighted by Crippen LogP contribution is -2.14. The van der Waals surface area contributed by atoms with Crippen LogP contribution in [0.2, 0.25) is 0 Å². The fourth-order valence-electron chi connectivity index (χ4n) is 2.86. The minimum Gasteiger partial charge on any atom is -0.374 e. The summed E-state index contributed by atoms with van der Waals surface area (Å²) < 4.78 is 1.85. The van der Waals surface area contributed by atoms with E-state index in [2.05, 4.69) is 48.4 Å². The third-order valence-corrected chi connectivity index (χ3v) is 3.90. The van der Waals surface area contributed by atoms with Gasteiger partial charge in [0, 0.05) is 44.0 Å². The van der Waals surface area contributed by atoms with Gasteiger partial charge in [-0.25, -0.2) is 0 Å². The summed E-state index contributed by atoms with van der Waals surface area (Å²) in [6.45, 7) is 7.41. The highest BCUT2D eigenvalue weighted by atomic mass is 15.2. The molecule has 1 aromatic heterocycles. The minimum atomic E-state index is 0.668. The first-order valence-corrected chi connectivity index (χ1v) is 7.53. The van der Waals surface area contributed by atoms with Crippen molar-refractivity contribution in [1.29, 1.82) is 0 Å². The van der Waals surface area contributed by atoms with Gasteiger partial charge in [-0.1, -0.05) is 26.8 Å². The maximum absolute atomic E-state index is 4.25. The highest BCUT2D eigenvalue weighted by Gasteiger charge is 2.25. The summed E-state index contributed by atoms with van der Waals surface area (Å²) in [5.41, 5.74) is 5.34. The first kappa shape index (κ1) is 14.6. The van der Waals surface area contributed by atoms with Gasteiger partial charge in [0.2, 0.25) is 0 Å². The van der Waals surface area contributed by atoms with Gasteiger partial charge in [0.05, 0.1) is 6.20 Å². The Morgan fingerprint density at radius 1 is 1.20 bits per heavy atom. The molecule has 108 valence electrons. The third-order valence-electron chi connectivity index (χ3n) is 3.90. The molecule has 0 spiro atoms. The Morgan fingerprint density at radius 3 is 2.55 bits per heavy atom. The molecule has 1 aliphatic rings. The number of fused-ring (bicyclic) bond motifs is 1. The maximum atomic E-state index is 4.25. The summed E-state index contributed by atoms with van der Waals surface area (Å²) in [6, 6.07) is 6.78. The molecule has 1 aromatic carbocycles. The van der Waals surface area contributed by atoms with Crippen molar-refractivity contribution in [3.63, 3.8) is 0 Å². The van der Waals surface area contributed by atoms with E-state index < -0.39 is 0 Å². The Morgan fingerprint density at radius 2 is 1.95 bits per heavy atom. The predicted octanol–water partition coefficient (Wildman–Crippen LogP) is 4.06. The summed E-state index contributed by atoms with van der Waals surface area (Å²) in [7, 11) is 4.14. The van der Waals surface area contributed by atoms with Crippen molar-refractivity contribution in [1.82, 2.24) is 9.78 Å². The van der Waals surface area contributed by atoms with E-state index in [4.69, 9.17) is 0 Å². The van der Waals surface area contributed by atoms with Gasteiger partial charge in [0.15, 0.2) is 0 Å². The molecule has 0 fully saturated rings. The molecule has 0 unspecified atom stereocenters. The highest BCUT2D eigenvalue weighted by Crippen LogP contribution is 2.39. The molecule has 3 nitrogen and oxygen atoms in total. The molecule has 3 rings (SSSR count). The molecule has 0 amide bonds. The highest BCUT2D eigenvalue weighted by molar-refractivity contribution is 5.70. The zero-order valence-electron chi connectivity index (χ0n) is 13.2. The largest absolute Gasteiger partial charge is 0.374 e. The van der Waals surface area contributed by atoms with Gasteiger partial charge in [-0.15, -0.1) is 0 Å². The fraction of sp³-hybridized carbons (Fsp3) is 0.471. The molecule has 0 saturated heterocycles. The molecule has 0 radical (unpaired) electrons. The van der Waals surface area contributed by atoms with Gasteiger partial charge in [-0.2, -0.15) is 5.10 Å². The molecule has 20 heavy (non-hydrogen) atoms. The number of rotatable bonds is 2. The third kappa shape index (κ3) is 2.58. The molecule has 0 saturated carbocycles. The van der Waals surface area contributed by atoms with Crippen LogP contribution in [0, 0.1) is 0 Å². The number of anilines is 1. The number of hydrogen-bond acceptors (Lipinski definition) is 2. The number of nitrogens with zero attached hydrogens (tertiary/aromatic N) is 3. The van der Waals surface area contributed by atoms with Gasteiger partial charge in [0.1, 0.15) is 0 Å². The topological polar surface area (TPSA) is 21.1 Å². The van der Waals surface area contributed by atoms with Crippen molar-refractivity contribution in [2.75, 3.05) is 18.5 Å². The second-order valence-corrected chi connectivity index (χ2v) is 5.16. The molecule has 1 aliphatic heterocycles. The Labute approximate surface area is 122 Å². The molecular formula is C17H25N3. The Balaban J connectivity index is 0.000000704. The van der Waals surface area contributed by atoms with E-state index in [-0.39, 0.29) is 0 Å². The normalized spacial score (nSPS) is 16.6. The second-order valence-electron chi connectivity index (χ2n) is 5.16. The van der Waals surface area contributed by atoms with Gasteiger partial charge in [-0.3, -0.25) is 4.68 Å². The van der Waals surface area contributed by atoms with E-state index in [0.717, 1.165) is 6.54 Å². The number of hydrogen-bond donors (Lipinski definition) is 0. The van der Waals surface area contributed by atoms with Crippen molar-refractivity contribution in [3.8, 4) is 11.1 Å². The van der Waals surface area contributed by atoms with Crippen LogP contribution in [0.4, 0.5) is 5.69 Å². The van der Waals surface area contributed by atoms with Crippen molar-refractivity contribution in [2.24, 2.45) is 7.05 Å². The van der Waals surface area contributed by atoms with E-state index in [1.54, 1.807) is 0 Å². The van der Waals surface area contributed by atoms with Crippen molar-refractivity contribution < 1.29 is 0 Å². The van der Waals surface area contributed by atoms with Crippen LogP contribution in [0.3, 0.4) is 0 Å². The summed E-state index contributed by atoms with van der Waals surface area (Å²) in [5.74, 6) is 0.668. The SMILES string of the molecule is CC.CC[C@H]1CN(C)c2ccc(-c3cnn(C)c3)cc21. The van der Waals surface area contributed by atoms with Crippen LogP contribution in [0.15, 0.2) is 30.6 Å². The van der Waals surface area contributed by atoms with Crippen LogP contribution in [-0.2, 0) is 7.05 Å². The average molecular weight is 271 g/mol. The van der Waals surface area contributed by atoms with Crippen LogP contribution in [0.5, 0.6) is 0 Å². The molecule has 1 atom stereocenters. The van der Waals surface area contributed by atoms with Gasteiger partial charge in [-0.05, 0) is 29.7 Å². The van der Waals surface area contributed by atoms with Crippen LogP contribution in [0.25, 0.3) is 11.1 Å². The fourth-order valence-corrected chi connectivity index (χ4v) is 2.86. The lowest BCUT2D eigenvalue weighted by atomic mass is 9.95. The molecule has 3 heteroatoms. The molecule has 0 aliphatic carbocycles. The van der Waals surface area contributed by atoms with Gasteiger partial charge < -0.3 is 4.90 Å². The van der Waals surface area contributed by atoms with Crippen LogP contribution in [-0.4, -0.2) is 23.4 Å². The lowest BCUT2D eigenvalue weighted by molar-refractivity contribution is 0.696. The van der Waals surface area contributed by atoms with E-state index >= 15 is 0 Å². The smallest absolute Gasteiger partial charge is 0.0568 e. The van der Waals surface area contributed by atoms with E-state index in [1.165, 1.54) is 28.8 Å². The van der Waals surface area contributed by atoms with E-state index in [0.29, 0.717) is 5.92 Å². The maximum Gasteiger partial charge on any atom is 0.0568 e. The number of aromatic nitrogens is 2. The second kappa shape index (κ2) is 6.12. The van der Waals surface area contributed by atoms with Gasteiger partial charge >= 0.3 is 0 Å². The van der Waals surface area contributed by atoms with Crippen LogP contribution in [0.1, 0.15) is 38.7 Å².